The van der Waals surface area contributed by atoms with Crippen LogP contribution in [0, 0.1) is 5.41 Å². The standard InChI is InChI=1S/C17H25N3O4/c1-4-13-7-14(18-24-13)16(22)19-6-5-17(9-19)10-20(12(2)3)15(21)8-23-11-17/h7,12H,4-6,8-11H2,1-3H3. The molecule has 1 unspecified atom stereocenters. The van der Waals surface area contributed by atoms with Crippen molar-refractivity contribution in [3.63, 3.8) is 0 Å². The second-order valence-electron chi connectivity index (χ2n) is 7.12. The summed E-state index contributed by atoms with van der Waals surface area (Å²) in [6, 6.07) is 1.84. The van der Waals surface area contributed by atoms with Crippen LogP contribution in [0.1, 0.15) is 43.4 Å². The smallest absolute Gasteiger partial charge is 0.276 e. The zero-order chi connectivity index (χ0) is 17.3. The number of hydrogen-bond acceptors (Lipinski definition) is 5. The Kier molecular flexibility index (Phi) is 4.62. The predicted octanol–water partition coefficient (Wildman–Crippen LogP) is 1.34. The summed E-state index contributed by atoms with van der Waals surface area (Å²) >= 11 is 0. The Morgan fingerprint density at radius 1 is 1.42 bits per heavy atom. The Morgan fingerprint density at radius 2 is 2.21 bits per heavy atom. The molecule has 1 spiro atoms. The fraction of sp³-hybridized carbons (Fsp3) is 0.706. The van der Waals surface area contributed by atoms with Gasteiger partial charge in [0.25, 0.3) is 5.91 Å². The fourth-order valence-corrected chi connectivity index (χ4v) is 3.50. The van der Waals surface area contributed by atoms with Gasteiger partial charge < -0.3 is 19.1 Å². The topological polar surface area (TPSA) is 75.9 Å². The molecule has 3 rings (SSSR count). The maximum absolute atomic E-state index is 12.6. The molecule has 0 radical (unpaired) electrons. The van der Waals surface area contributed by atoms with Crippen LogP contribution in [0.25, 0.3) is 0 Å². The molecular formula is C17H25N3O4. The van der Waals surface area contributed by atoms with E-state index < -0.39 is 0 Å². The quantitative estimate of drug-likeness (QED) is 0.833. The number of nitrogens with zero attached hydrogens (tertiary/aromatic N) is 3. The molecule has 2 amide bonds. The van der Waals surface area contributed by atoms with Gasteiger partial charge in [0.15, 0.2) is 5.69 Å². The SMILES string of the molecule is CCc1cc(C(=O)N2CCC3(COCC(=O)N(C(C)C)C3)C2)no1. The molecule has 132 valence electrons. The molecule has 0 aromatic carbocycles. The van der Waals surface area contributed by atoms with Gasteiger partial charge in [-0.05, 0) is 20.3 Å². The molecule has 24 heavy (non-hydrogen) atoms. The Hall–Kier alpha value is -1.89. The molecule has 0 N–H and O–H groups in total. The van der Waals surface area contributed by atoms with E-state index in [1.807, 2.05) is 25.7 Å². The molecular weight excluding hydrogens is 310 g/mol. The third-order valence-corrected chi connectivity index (χ3v) is 4.94. The number of rotatable bonds is 3. The number of aryl methyl sites for hydroxylation is 1. The van der Waals surface area contributed by atoms with Gasteiger partial charge in [-0.25, -0.2) is 0 Å². The first-order valence-electron chi connectivity index (χ1n) is 8.56. The van der Waals surface area contributed by atoms with Crippen molar-refractivity contribution >= 4 is 11.8 Å². The molecule has 3 heterocycles. The van der Waals surface area contributed by atoms with Gasteiger partial charge in [0.1, 0.15) is 12.4 Å². The minimum Gasteiger partial charge on any atom is -0.371 e. The van der Waals surface area contributed by atoms with Crippen molar-refractivity contribution in [2.45, 2.75) is 39.7 Å². The molecule has 0 saturated carbocycles. The van der Waals surface area contributed by atoms with Crippen LogP contribution in [-0.4, -0.2) is 65.7 Å². The van der Waals surface area contributed by atoms with Crippen molar-refractivity contribution in [3.05, 3.63) is 17.5 Å². The highest BCUT2D eigenvalue weighted by Gasteiger charge is 2.45. The summed E-state index contributed by atoms with van der Waals surface area (Å²) < 4.78 is 10.8. The molecule has 0 bridgehead atoms. The third kappa shape index (κ3) is 3.17. The minimum atomic E-state index is -0.191. The van der Waals surface area contributed by atoms with Crippen molar-refractivity contribution in [3.8, 4) is 0 Å². The molecule has 7 nitrogen and oxygen atoms in total. The van der Waals surface area contributed by atoms with Gasteiger partial charge in [-0.15, -0.1) is 0 Å². The highest BCUT2D eigenvalue weighted by Crippen LogP contribution is 2.34. The Labute approximate surface area is 141 Å². The van der Waals surface area contributed by atoms with E-state index in [1.54, 1.807) is 11.0 Å². The van der Waals surface area contributed by atoms with E-state index >= 15 is 0 Å². The van der Waals surface area contributed by atoms with E-state index in [1.165, 1.54) is 0 Å². The zero-order valence-electron chi connectivity index (χ0n) is 14.6. The maximum atomic E-state index is 12.6. The number of likely N-dealkylation sites (tertiary alicyclic amines) is 1. The number of aromatic nitrogens is 1. The lowest BCUT2D eigenvalue weighted by Gasteiger charge is -2.33. The Bertz CT molecular complexity index is 627. The second kappa shape index (κ2) is 6.55. The fourth-order valence-electron chi connectivity index (χ4n) is 3.50. The van der Waals surface area contributed by atoms with Crippen molar-refractivity contribution in [1.29, 1.82) is 0 Å². The van der Waals surface area contributed by atoms with Crippen molar-refractivity contribution in [1.82, 2.24) is 15.0 Å². The van der Waals surface area contributed by atoms with Gasteiger partial charge in [-0.2, -0.15) is 0 Å². The molecule has 7 heteroatoms. The van der Waals surface area contributed by atoms with E-state index in [0.717, 1.165) is 6.42 Å². The van der Waals surface area contributed by atoms with Crippen LogP contribution in [-0.2, 0) is 16.0 Å². The lowest BCUT2D eigenvalue weighted by molar-refractivity contribution is -0.135. The number of hydrogen-bond donors (Lipinski definition) is 0. The second-order valence-corrected chi connectivity index (χ2v) is 7.12. The summed E-state index contributed by atoms with van der Waals surface area (Å²) in [5.74, 6) is 0.624. The van der Waals surface area contributed by atoms with Gasteiger partial charge in [-0.3, -0.25) is 9.59 Å². The van der Waals surface area contributed by atoms with E-state index in [4.69, 9.17) is 9.26 Å². The van der Waals surface area contributed by atoms with E-state index in [-0.39, 0.29) is 29.9 Å². The molecule has 1 aromatic rings. The predicted molar refractivity (Wildman–Crippen MR) is 86.5 cm³/mol. The highest BCUT2D eigenvalue weighted by molar-refractivity contribution is 5.92. The first-order valence-corrected chi connectivity index (χ1v) is 8.56. The summed E-state index contributed by atoms with van der Waals surface area (Å²) in [5, 5.41) is 3.88. The third-order valence-electron chi connectivity index (χ3n) is 4.94. The average molecular weight is 335 g/mol. The van der Waals surface area contributed by atoms with Crippen molar-refractivity contribution < 1.29 is 18.8 Å². The molecule has 1 aromatic heterocycles. The summed E-state index contributed by atoms with van der Waals surface area (Å²) in [4.78, 5) is 28.5. The summed E-state index contributed by atoms with van der Waals surface area (Å²) in [6.07, 6.45) is 1.54. The van der Waals surface area contributed by atoms with Crippen LogP contribution < -0.4 is 0 Å². The first kappa shape index (κ1) is 17.0. The number of carbonyl (C=O) groups is 2. The van der Waals surface area contributed by atoms with Gasteiger partial charge in [0.2, 0.25) is 5.91 Å². The number of ether oxygens (including phenoxy) is 1. The van der Waals surface area contributed by atoms with Crippen molar-refractivity contribution in [2.24, 2.45) is 5.41 Å². The first-order chi connectivity index (χ1) is 11.4. The monoisotopic (exact) mass is 335 g/mol. The lowest BCUT2D eigenvalue weighted by Crippen LogP contribution is -2.46. The minimum absolute atomic E-state index is 0.0238. The van der Waals surface area contributed by atoms with Crippen LogP contribution in [0.4, 0.5) is 0 Å². The zero-order valence-corrected chi connectivity index (χ0v) is 14.6. The molecule has 2 aliphatic rings. The summed E-state index contributed by atoms with van der Waals surface area (Å²) in [5.41, 5.74) is 0.166. The van der Waals surface area contributed by atoms with Gasteiger partial charge in [-0.1, -0.05) is 12.1 Å². The Morgan fingerprint density at radius 3 is 2.88 bits per heavy atom. The lowest BCUT2D eigenvalue weighted by atomic mass is 9.87. The average Bonchev–Trinajstić information content (AvgIpc) is 3.15. The van der Waals surface area contributed by atoms with Crippen LogP contribution in [0.5, 0.6) is 0 Å². The maximum Gasteiger partial charge on any atom is 0.276 e. The van der Waals surface area contributed by atoms with Crippen LogP contribution in [0.3, 0.4) is 0 Å². The number of carbonyl (C=O) groups excluding carboxylic acids is 2. The van der Waals surface area contributed by atoms with Crippen LogP contribution >= 0.6 is 0 Å². The van der Waals surface area contributed by atoms with Crippen molar-refractivity contribution in [2.75, 3.05) is 32.8 Å². The molecule has 2 saturated heterocycles. The van der Waals surface area contributed by atoms with Gasteiger partial charge >= 0.3 is 0 Å². The normalized spacial score (nSPS) is 24.9. The van der Waals surface area contributed by atoms with E-state index in [0.29, 0.717) is 44.1 Å². The number of amides is 2. The van der Waals surface area contributed by atoms with E-state index in [9.17, 15) is 9.59 Å². The van der Waals surface area contributed by atoms with Crippen LogP contribution in [0.2, 0.25) is 0 Å². The van der Waals surface area contributed by atoms with E-state index in [2.05, 4.69) is 5.16 Å². The van der Waals surface area contributed by atoms with Gasteiger partial charge in [0.05, 0.1) is 6.61 Å². The van der Waals surface area contributed by atoms with Gasteiger partial charge in [0, 0.05) is 43.6 Å². The largest absolute Gasteiger partial charge is 0.371 e. The highest BCUT2D eigenvalue weighted by atomic mass is 16.5. The molecule has 0 aliphatic carbocycles. The Balaban J connectivity index is 1.73. The van der Waals surface area contributed by atoms with Crippen LogP contribution in [0.15, 0.2) is 10.6 Å². The molecule has 1 atom stereocenters. The molecule has 2 fully saturated rings. The summed E-state index contributed by atoms with van der Waals surface area (Å²) in [7, 11) is 0. The molecule has 2 aliphatic heterocycles. The summed E-state index contributed by atoms with van der Waals surface area (Å²) in [6.45, 7) is 8.47.